The summed E-state index contributed by atoms with van der Waals surface area (Å²) in [5.74, 6) is 5.41. The van der Waals surface area contributed by atoms with E-state index < -0.39 is 12.1 Å². The van der Waals surface area contributed by atoms with Gasteiger partial charge in [0, 0.05) is 42.8 Å². The third-order valence-corrected chi connectivity index (χ3v) is 6.98. The van der Waals surface area contributed by atoms with Crippen LogP contribution in [0.15, 0.2) is 36.5 Å². The number of aliphatic hydroxyl groups excluding tert-OH is 1. The Morgan fingerprint density at radius 1 is 1.31 bits per heavy atom. The van der Waals surface area contributed by atoms with Crippen molar-refractivity contribution in [3.05, 3.63) is 59.0 Å². The van der Waals surface area contributed by atoms with E-state index in [1.165, 1.54) is 18.3 Å². The summed E-state index contributed by atoms with van der Waals surface area (Å²) in [5, 5.41) is 9.82. The molecule has 2 heterocycles. The number of nitrogens with zero attached hydrogens (tertiary/aromatic N) is 3. The molecule has 0 spiro atoms. The molecule has 3 atom stereocenters. The second-order valence-corrected chi connectivity index (χ2v) is 9.81. The molecule has 1 aliphatic carbocycles. The number of amides is 2. The van der Waals surface area contributed by atoms with E-state index in [1.807, 2.05) is 6.92 Å². The van der Waals surface area contributed by atoms with E-state index in [9.17, 15) is 19.1 Å². The maximum absolute atomic E-state index is 13.5. The van der Waals surface area contributed by atoms with Gasteiger partial charge in [-0.3, -0.25) is 9.59 Å². The van der Waals surface area contributed by atoms with Crippen molar-refractivity contribution >= 4 is 11.8 Å². The molecule has 1 fully saturated rings. The van der Waals surface area contributed by atoms with Gasteiger partial charge >= 0.3 is 0 Å². The average Bonchev–Trinajstić information content (AvgIpc) is 2.83. The zero-order valence-corrected chi connectivity index (χ0v) is 20.9. The van der Waals surface area contributed by atoms with Gasteiger partial charge in [0.1, 0.15) is 17.5 Å². The van der Waals surface area contributed by atoms with E-state index in [2.05, 4.69) is 16.8 Å². The molecular weight excluding hydrogens is 461 g/mol. The quantitative estimate of drug-likeness (QED) is 0.648. The SMILES string of the molecule is C[C@H](CO)N1C[C@H](C)[C@@H](CN(C)C(=O)C2CCC2)Oc2ncc(C#Cc3cccc(F)c3)cc2C1=O. The molecule has 4 rings (SSSR count). The van der Waals surface area contributed by atoms with E-state index in [4.69, 9.17) is 4.74 Å². The first kappa shape index (κ1) is 25.6. The maximum Gasteiger partial charge on any atom is 0.259 e. The van der Waals surface area contributed by atoms with E-state index in [0.29, 0.717) is 24.2 Å². The Kier molecular flexibility index (Phi) is 7.90. The summed E-state index contributed by atoms with van der Waals surface area (Å²) in [6.45, 7) is 4.30. The predicted molar refractivity (Wildman–Crippen MR) is 133 cm³/mol. The zero-order valence-electron chi connectivity index (χ0n) is 20.9. The van der Waals surface area contributed by atoms with Crippen LogP contribution in [0.4, 0.5) is 4.39 Å². The number of hydrogen-bond donors (Lipinski definition) is 1. The highest BCUT2D eigenvalue weighted by molar-refractivity contribution is 5.97. The van der Waals surface area contributed by atoms with Gasteiger partial charge in [-0.05, 0) is 44.0 Å². The summed E-state index contributed by atoms with van der Waals surface area (Å²) in [4.78, 5) is 34.0. The van der Waals surface area contributed by atoms with Crippen molar-refractivity contribution in [1.82, 2.24) is 14.8 Å². The average molecular weight is 494 g/mol. The van der Waals surface area contributed by atoms with Crippen LogP contribution in [0.3, 0.4) is 0 Å². The molecule has 2 amide bonds. The van der Waals surface area contributed by atoms with Crippen LogP contribution >= 0.6 is 0 Å². The molecule has 36 heavy (non-hydrogen) atoms. The molecule has 2 aromatic rings. The largest absolute Gasteiger partial charge is 0.472 e. The predicted octanol–water partition coefficient (Wildman–Crippen LogP) is 3.10. The lowest BCUT2D eigenvalue weighted by molar-refractivity contribution is -0.138. The lowest BCUT2D eigenvalue weighted by Gasteiger charge is -2.38. The summed E-state index contributed by atoms with van der Waals surface area (Å²) < 4.78 is 19.7. The van der Waals surface area contributed by atoms with Crippen LogP contribution in [-0.2, 0) is 4.79 Å². The van der Waals surface area contributed by atoms with Crippen LogP contribution in [0.2, 0.25) is 0 Å². The number of aromatic nitrogens is 1. The molecule has 2 aliphatic rings. The number of pyridine rings is 1. The highest BCUT2D eigenvalue weighted by atomic mass is 19.1. The minimum Gasteiger partial charge on any atom is -0.472 e. The summed E-state index contributed by atoms with van der Waals surface area (Å²) in [7, 11) is 1.79. The summed E-state index contributed by atoms with van der Waals surface area (Å²) in [6, 6.07) is 7.16. The molecular formula is C28H32FN3O4. The van der Waals surface area contributed by atoms with Crippen LogP contribution in [-0.4, -0.2) is 70.6 Å². The molecule has 8 heteroatoms. The number of ether oxygens (including phenoxy) is 1. The van der Waals surface area contributed by atoms with Crippen molar-refractivity contribution in [2.45, 2.75) is 45.3 Å². The first-order valence-corrected chi connectivity index (χ1v) is 12.4. The van der Waals surface area contributed by atoms with Gasteiger partial charge in [-0.2, -0.15) is 0 Å². The molecule has 1 N–H and O–H groups in total. The van der Waals surface area contributed by atoms with Crippen LogP contribution in [0.5, 0.6) is 5.88 Å². The third kappa shape index (κ3) is 5.68. The smallest absolute Gasteiger partial charge is 0.259 e. The van der Waals surface area contributed by atoms with Gasteiger partial charge in [0.05, 0.1) is 19.2 Å². The van der Waals surface area contributed by atoms with Crippen molar-refractivity contribution < 1.29 is 23.8 Å². The minimum absolute atomic E-state index is 0.0796. The number of aliphatic hydroxyl groups is 1. The summed E-state index contributed by atoms with van der Waals surface area (Å²) in [6.07, 6.45) is 4.05. The van der Waals surface area contributed by atoms with Crippen molar-refractivity contribution in [3.63, 3.8) is 0 Å². The van der Waals surface area contributed by atoms with Gasteiger partial charge in [-0.1, -0.05) is 31.3 Å². The number of rotatable bonds is 5. The minimum atomic E-state index is -0.414. The molecule has 1 aromatic carbocycles. The maximum atomic E-state index is 13.5. The molecule has 1 aromatic heterocycles. The molecule has 1 saturated carbocycles. The number of carbonyl (C=O) groups excluding carboxylic acids is 2. The number of benzene rings is 1. The molecule has 0 unspecified atom stereocenters. The van der Waals surface area contributed by atoms with Gasteiger partial charge in [-0.15, -0.1) is 0 Å². The number of halogens is 1. The number of carbonyl (C=O) groups is 2. The van der Waals surface area contributed by atoms with Crippen LogP contribution in [0.1, 0.15) is 54.6 Å². The van der Waals surface area contributed by atoms with Crippen molar-refractivity contribution in [2.75, 3.05) is 26.7 Å². The Morgan fingerprint density at radius 2 is 2.06 bits per heavy atom. The number of likely N-dealkylation sites (N-methyl/N-ethyl adjacent to an activating group) is 1. The number of hydrogen-bond acceptors (Lipinski definition) is 5. The molecule has 0 radical (unpaired) electrons. The lowest BCUT2D eigenvalue weighted by atomic mass is 9.84. The van der Waals surface area contributed by atoms with Crippen molar-refractivity contribution in [2.24, 2.45) is 11.8 Å². The van der Waals surface area contributed by atoms with E-state index in [0.717, 1.165) is 19.3 Å². The Morgan fingerprint density at radius 3 is 2.72 bits per heavy atom. The molecule has 1 aliphatic heterocycles. The summed E-state index contributed by atoms with van der Waals surface area (Å²) in [5.41, 5.74) is 1.23. The summed E-state index contributed by atoms with van der Waals surface area (Å²) >= 11 is 0. The Balaban J connectivity index is 1.64. The lowest BCUT2D eigenvalue weighted by Crippen LogP contribution is -2.51. The topological polar surface area (TPSA) is 83.0 Å². The monoisotopic (exact) mass is 493 g/mol. The van der Waals surface area contributed by atoms with Crippen molar-refractivity contribution in [1.29, 1.82) is 0 Å². The molecule has 7 nitrogen and oxygen atoms in total. The van der Waals surface area contributed by atoms with E-state index in [1.54, 1.807) is 42.0 Å². The van der Waals surface area contributed by atoms with Gasteiger partial charge in [-0.25, -0.2) is 9.37 Å². The van der Waals surface area contributed by atoms with Crippen LogP contribution in [0.25, 0.3) is 0 Å². The number of fused-ring (bicyclic) bond motifs is 1. The van der Waals surface area contributed by atoms with Gasteiger partial charge in [0.25, 0.3) is 5.91 Å². The molecule has 0 saturated heterocycles. The first-order chi connectivity index (χ1) is 17.3. The Labute approximate surface area is 211 Å². The normalized spacial score (nSPS) is 20.6. The highest BCUT2D eigenvalue weighted by Gasteiger charge is 2.36. The van der Waals surface area contributed by atoms with E-state index in [-0.39, 0.29) is 47.5 Å². The van der Waals surface area contributed by atoms with Crippen molar-refractivity contribution in [3.8, 4) is 17.7 Å². The van der Waals surface area contributed by atoms with Crippen LogP contribution < -0.4 is 4.74 Å². The second-order valence-electron chi connectivity index (χ2n) is 9.81. The first-order valence-electron chi connectivity index (χ1n) is 12.4. The Hall–Kier alpha value is -3.44. The fourth-order valence-electron chi connectivity index (χ4n) is 4.43. The molecule has 190 valence electrons. The second kappa shape index (κ2) is 11.1. The van der Waals surface area contributed by atoms with Gasteiger partial charge in [0.15, 0.2) is 0 Å². The van der Waals surface area contributed by atoms with Gasteiger partial charge in [0.2, 0.25) is 11.8 Å². The van der Waals surface area contributed by atoms with E-state index >= 15 is 0 Å². The third-order valence-electron chi connectivity index (χ3n) is 6.98. The van der Waals surface area contributed by atoms with Crippen LogP contribution in [0, 0.1) is 29.5 Å². The highest BCUT2D eigenvalue weighted by Crippen LogP contribution is 2.30. The Bertz CT molecular complexity index is 1190. The fourth-order valence-corrected chi connectivity index (χ4v) is 4.43. The molecule has 0 bridgehead atoms. The fraction of sp³-hybridized carbons (Fsp3) is 0.464. The standard InChI is InChI=1S/C28H32FN3O4/c1-18-15-32(19(2)17-33)28(35)24-13-21(11-10-20-6-4-9-23(29)12-20)14-30-26(24)36-25(18)16-31(3)27(34)22-7-5-8-22/h4,6,9,12-14,18-19,22,25,33H,5,7-8,15-17H2,1-3H3/t18-,19+,25+/m0/s1. The zero-order chi connectivity index (χ0) is 25.8. The van der Waals surface area contributed by atoms with Gasteiger partial charge < -0.3 is 19.6 Å².